The molecule has 128 valence electrons. The van der Waals surface area contributed by atoms with E-state index < -0.39 is 17.1 Å². The first-order chi connectivity index (χ1) is 12.0. The van der Waals surface area contributed by atoms with Crippen LogP contribution >= 0.6 is 23.2 Å². The van der Waals surface area contributed by atoms with Gasteiger partial charge in [0.05, 0.1) is 33.3 Å². The Morgan fingerprint density at radius 3 is 2.64 bits per heavy atom. The monoisotopic (exact) mass is 393 g/mol. The van der Waals surface area contributed by atoms with Crippen LogP contribution < -0.4 is 5.32 Å². The minimum Gasteiger partial charge on any atom is -0.616 e. The molecule has 0 saturated carbocycles. The normalized spacial score (nSPS) is 16.7. The van der Waals surface area contributed by atoms with Crippen molar-refractivity contribution in [3.05, 3.63) is 63.3 Å². The summed E-state index contributed by atoms with van der Waals surface area (Å²) in [6, 6.07) is 10.4. The minimum absolute atomic E-state index is 0.222. The largest absolute Gasteiger partial charge is 0.616 e. The zero-order chi connectivity index (χ0) is 17.6. The molecule has 3 aromatic rings. The number of rotatable bonds is 2. The maximum absolute atomic E-state index is 12.6. The third-order valence-corrected chi connectivity index (χ3v) is 6.10. The van der Waals surface area contributed by atoms with E-state index in [-0.39, 0.29) is 15.6 Å². The van der Waals surface area contributed by atoms with Crippen molar-refractivity contribution >= 4 is 56.9 Å². The number of anilines is 1. The van der Waals surface area contributed by atoms with Crippen LogP contribution in [-0.2, 0) is 23.3 Å². The van der Waals surface area contributed by atoms with E-state index in [1.807, 2.05) is 12.1 Å². The SMILES string of the molecule is O=C(Nc1cccc2c3c(oc12)CC[S+]([O-])C3)c1c(Cl)cccc1Cl. The summed E-state index contributed by atoms with van der Waals surface area (Å²) in [5, 5.41) is 4.27. The Balaban J connectivity index is 1.74. The number of furan rings is 1. The number of carbonyl (C=O) groups is 1. The van der Waals surface area contributed by atoms with Crippen LogP contribution in [0.3, 0.4) is 0 Å². The maximum atomic E-state index is 12.6. The van der Waals surface area contributed by atoms with Crippen LogP contribution in [0.1, 0.15) is 21.7 Å². The van der Waals surface area contributed by atoms with Crippen molar-refractivity contribution < 1.29 is 13.8 Å². The van der Waals surface area contributed by atoms with Crippen LogP contribution in [0.5, 0.6) is 0 Å². The van der Waals surface area contributed by atoms with Crippen LogP contribution in [0.15, 0.2) is 40.8 Å². The summed E-state index contributed by atoms with van der Waals surface area (Å²) < 4.78 is 17.8. The lowest BCUT2D eigenvalue weighted by Crippen LogP contribution is -2.17. The number of para-hydroxylation sites is 1. The maximum Gasteiger partial charge on any atom is 0.258 e. The highest BCUT2D eigenvalue weighted by molar-refractivity contribution is 7.90. The van der Waals surface area contributed by atoms with E-state index in [1.54, 1.807) is 24.3 Å². The average Bonchev–Trinajstić information content (AvgIpc) is 2.94. The number of hydrogen-bond acceptors (Lipinski definition) is 3. The van der Waals surface area contributed by atoms with Gasteiger partial charge in [0, 0.05) is 5.39 Å². The summed E-state index contributed by atoms with van der Waals surface area (Å²) in [4.78, 5) is 12.6. The third kappa shape index (κ3) is 3.02. The third-order valence-electron chi connectivity index (χ3n) is 4.20. The summed E-state index contributed by atoms with van der Waals surface area (Å²) in [6.45, 7) is 0. The summed E-state index contributed by atoms with van der Waals surface area (Å²) in [6.07, 6.45) is 0.639. The van der Waals surface area contributed by atoms with Gasteiger partial charge in [0.1, 0.15) is 17.3 Å². The Hall–Kier alpha value is -1.66. The summed E-state index contributed by atoms with van der Waals surface area (Å²) in [5.74, 6) is 1.52. The predicted molar refractivity (Wildman–Crippen MR) is 101 cm³/mol. The van der Waals surface area contributed by atoms with Gasteiger partial charge in [-0.3, -0.25) is 4.79 Å². The molecule has 2 heterocycles. The second-order valence-corrected chi connectivity index (χ2v) is 8.17. The molecule has 1 N–H and O–H groups in total. The molecule has 0 saturated heterocycles. The number of hydrogen-bond donors (Lipinski definition) is 1. The molecular weight excluding hydrogens is 381 g/mol. The molecule has 0 radical (unpaired) electrons. The molecule has 1 unspecified atom stereocenters. The number of carbonyl (C=O) groups excluding carboxylic acids is 1. The van der Waals surface area contributed by atoms with E-state index in [0.29, 0.717) is 29.2 Å². The van der Waals surface area contributed by atoms with Gasteiger partial charge >= 0.3 is 0 Å². The second kappa shape index (κ2) is 6.57. The van der Waals surface area contributed by atoms with Crippen molar-refractivity contribution in [1.82, 2.24) is 0 Å². The zero-order valence-corrected chi connectivity index (χ0v) is 15.3. The fraction of sp³-hybridized carbons (Fsp3) is 0.167. The molecule has 4 nitrogen and oxygen atoms in total. The lowest BCUT2D eigenvalue weighted by atomic mass is 10.1. The molecule has 1 amide bonds. The topological polar surface area (TPSA) is 65.3 Å². The summed E-state index contributed by atoms with van der Waals surface area (Å²) in [7, 11) is 0. The van der Waals surface area contributed by atoms with E-state index in [0.717, 1.165) is 16.7 Å². The van der Waals surface area contributed by atoms with Gasteiger partial charge in [0.15, 0.2) is 5.58 Å². The highest BCUT2D eigenvalue weighted by Crippen LogP contribution is 2.36. The van der Waals surface area contributed by atoms with E-state index >= 15 is 0 Å². The predicted octanol–water partition coefficient (Wildman–Crippen LogP) is 4.80. The molecule has 25 heavy (non-hydrogen) atoms. The first-order valence-electron chi connectivity index (χ1n) is 7.68. The minimum atomic E-state index is -0.871. The van der Waals surface area contributed by atoms with E-state index in [2.05, 4.69) is 5.32 Å². The van der Waals surface area contributed by atoms with Crippen molar-refractivity contribution in [2.24, 2.45) is 0 Å². The standard InChI is InChI=1S/C18H13Cl2NO3S/c19-12-4-2-5-13(20)16(12)18(22)21-14-6-1-3-10-11-9-25(23)8-7-15(11)24-17(10)14/h1-6H,7-9H2,(H,21,22). The Bertz CT molecular complexity index is 966. The fourth-order valence-electron chi connectivity index (χ4n) is 3.02. The average molecular weight is 394 g/mol. The van der Waals surface area contributed by atoms with Gasteiger partial charge in [-0.1, -0.05) is 41.4 Å². The summed E-state index contributed by atoms with van der Waals surface area (Å²) in [5.41, 5.74) is 2.31. The molecule has 4 rings (SSSR count). The molecular formula is C18H13Cl2NO3S. The van der Waals surface area contributed by atoms with Crippen LogP contribution in [0.25, 0.3) is 11.0 Å². The number of amides is 1. The van der Waals surface area contributed by atoms with Gasteiger partial charge in [-0.05, 0) is 29.4 Å². The molecule has 2 aromatic carbocycles. The number of nitrogens with one attached hydrogen (secondary N) is 1. The van der Waals surface area contributed by atoms with Crippen LogP contribution in [-0.4, -0.2) is 16.2 Å². The highest BCUT2D eigenvalue weighted by Gasteiger charge is 2.26. The van der Waals surface area contributed by atoms with Gasteiger partial charge in [-0.2, -0.15) is 0 Å². The Morgan fingerprint density at radius 1 is 1.16 bits per heavy atom. The van der Waals surface area contributed by atoms with Crippen molar-refractivity contribution in [3.63, 3.8) is 0 Å². The highest BCUT2D eigenvalue weighted by atomic mass is 35.5. The molecule has 0 bridgehead atoms. The van der Waals surface area contributed by atoms with Crippen molar-refractivity contribution in [3.8, 4) is 0 Å². The molecule has 1 atom stereocenters. The molecule has 0 fully saturated rings. The van der Waals surface area contributed by atoms with Gasteiger partial charge < -0.3 is 14.3 Å². The fourth-order valence-corrected chi connectivity index (χ4v) is 4.78. The van der Waals surface area contributed by atoms with Gasteiger partial charge in [-0.25, -0.2) is 0 Å². The molecule has 7 heteroatoms. The Kier molecular flexibility index (Phi) is 4.41. The van der Waals surface area contributed by atoms with E-state index in [9.17, 15) is 9.35 Å². The van der Waals surface area contributed by atoms with Gasteiger partial charge in [0.25, 0.3) is 5.91 Å². The van der Waals surface area contributed by atoms with Crippen molar-refractivity contribution in [2.45, 2.75) is 12.2 Å². The molecule has 1 aromatic heterocycles. The summed E-state index contributed by atoms with van der Waals surface area (Å²) >= 11 is 11.3. The number of aryl methyl sites for hydroxylation is 1. The number of benzene rings is 2. The lowest BCUT2D eigenvalue weighted by Gasteiger charge is -2.15. The Morgan fingerprint density at radius 2 is 1.88 bits per heavy atom. The van der Waals surface area contributed by atoms with E-state index in [1.165, 1.54) is 0 Å². The quantitative estimate of drug-likeness (QED) is 0.636. The zero-order valence-electron chi connectivity index (χ0n) is 13.0. The van der Waals surface area contributed by atoms with Crippen LogP contribution in [0.2, 0.25) is 10.0 Å². The first-order valence-corrected chi connectivity index (χ1v) is 9.92. The molecule has 0 spiro atoms. The number of fused-ring (bicyclic) bond motifs is 3. The van der Waals surface area contributed by atoms with E-state index in [4.69, 9.17) is 27.6 Å². The van der Waals surface area contributed by atoms with Gasteiger partial charge in [-0.15, -0.1) is 0 Å². The van der Waals surface area contributed by atoms with Crippen LogP contribution in [0.4, 0.5) is 5.69 Å². The number of halogens is 2. The van der Waals surface area contributed by atoms with Crippen molar-refractivity contribution in [2.75, 3.05) is 11.1 Å². The smallest absolute Gasteiger partial charge is 0.258 e. The van der Waals surface area contributed by atoms with Gasteiger partial charge in [0.2, 0.25) is 0 Å². The second-order valence-electron chi connectivity index (χ2n) is 5.78. The molecule has 0 aliphatic carbocycles. The van der Waals surface area contributed by atoms with Crippen molar-refractivity contribution in [1.29, 1.82) is 0 Å². The Labute approximate surface area is 157 Å². The first kappa shape index (κ1) is 16.8. The molecule has 1 aliphatic rings. The van der Waals surface area contributed by atoms with Crippen LogP contribution in [0, 0.1) is 0 Å². The lowest BCUT2D eigenvalue weighted by molar-refractivity contribution is 0.102. The molecule has 1 aliphatic heterocycles.